The number of amides is 1. The van der Waals surface area contributed by atoms with Gasteiger partial charge in [0.15, 0.2) is 5.13 Å². The lowest BCUT2D eigenvalue weighted by atomic mass is 10.0. The van der Waals surface area contributed by atoms with Crippen LogP contribution in [0.15, 0.2) is 72.8 Å². The number of hydrogen-bond acceptors (Lipinski definition) is 6. The lowest BCUT2D eigenvalue weighted by Gasteiger charge is -2.25. The molecule has 0 N–H and O–H groups in total. The Morgan fingerprint density at radius 3 is 2.39 bits per heavy atom. The van der Waals surface area contributed by atoms with Crippen molar-refractivity contribution in [3.05, 3.63) is 83.9 Å². The van der Waals surface area contributed by atoms with Crippen molar-refractivity contribution in [3.63, 3.8) is 0 Å². The topological polar surface area (TPSA) is 58.6 Å². The monoisotopic (exact) mass is 524 g/mol. The maximum absolute atomic E-state index is 14.5. The molecule has 0 aliphatic rings. The van der Waals surface area contributed by atoms with Gasteiger partial charge >= 0.3 is 0 Å². The van der Waals surface area contributed by atoms with E-state index in [1.165, 1.54) is 11.3 Å². The standard InChI is InChI=1S/C31H32N4O2S/c1-5-34(6-2)18-19-35(31-33-28-27(37-4)17-16-21(3)29(28)38-31)30(36)24-20-26(22-12-8-7-9-13-22)32-25-15-11-10-14-23(24)25/h7-17,20H,5-6,18-19H2,1-4H3. The Labute approximate surface area is 227 Å². The molecule has 0 aliphatic heterocycles. The molecule has 5 rings (SSSR count). The van der Waals surface area contributed by atoms with E-state index in [0.717, 1.165) is 57.6 Å². The fourth-order valence-corrected chi connectivity index (χ4v) is 5.77. The number of ether oxygens (including phenoxy) is 1. The van der Waals surface area contributed by atoms with Crippen LogP contribution in [0.25, 0.3) is 32.4 Å². The lowest BCUT2D eigenvalue weighted by Crippen LogP contribution is -2.39. The summed E-state index contributed by atoms with van der Waals surface area (Å²) in [5.41, 5.74) is 5.07. The van der Waals surface area contributed by atoms with Gasteiger partial charge in [-0.3, -0.25) is 9.69 Å². The first-order valence-electron chi connectivity index (χ1n) is 13.0. The number of methoxy groups -OCH3 is 1. The van der Waals surface area contributed by atoms with E-state index < -0.39 is 0 Å². The number of hydrogen-bond donors (Lipinski definition) is 0. The number of para-hydroxylation sites is 1. The Kier molecular flexibility index (Phi) is 7.67. The zero-order chi connectivity index (χ0) is 26.6. The summed E-state index contributed by atoms with van der Waals surface area (Å²) in [7, 11) is 1.65. The van der Waals surface area contributed by atoms with Gasteiger partial charge in [-0.1, -0.05) is 79.8 Å². The maximum atomic E-state index is 14.5. The Morgan fingerprint density at radius 2 is 1.66 bits per heavy atom. The fraction of sp³-hybridized carbons (Fsp3) is 0.258. The molecule has 0 aliphatic carbocycles. The third kappa shape index (κ3) is 4.99. The number of benzene rings is 3. The van der Waals surface area contributed by atoms with E-state index in [0.29, 0.717) is 23.0 Å². The number of anilines is 1. The van der Waals surface area contributed by atoms with Gasteiger partial charge in [-0.25, -0.2) is 9.97 Å². The minimum absolute atomic E-state index is 0.0800. The molecule has 0 unspecified atom stereocenters. The van der Waals surface area contributed by atoms with Crippen LogP contribution in [0.2, 0.25) is 0 Å². The summed E-state index contributed by atoms with van der Waals surface area (Å²) >= 11 is 1.54. The Balaban J connectivity index is 1.66. The maximum Gasteiger partial charge on any atom is 0.260 e. The molecule has 0 saturated heterocycles. The molecule has 38 heavy (non-hydrogen) atoms. The second-order valence-corrected chi connectivity index (χ2v) is 10.2. The molecular weight excluding hydrogens is 492 g/mol. The van der Waals surface area contributed by atoms with Gasteiger partial charge in [-0.2, -0.15) is 0 Å². The quantitative estimate of drug-likeness (QED) is 0.212. The van der Waals surface area contributed by atoms with Crippen LogP contribution in [0.3, 0.4) is 0 Å². The van der Waals surface area contributed by atoms with Crippen LogP contribution < -0.4 is 9.64 Å². The zero-order valence-electron chi connectivity index (χ0n) is 22.3. The average Bonchev–Trinajstić information content (AvgIpc) is 3.41. The van der Waals surface area contributed by atoms with Gasteiger partial charge in [-0.05, 0) is 43.8 Å². The number of aromatic nitrogens is 2. The van der Waals surface area contributed by atoms with E-state index in [4.69, 9.17) is 14.7 Å². The highest BCUT2D eigenvalue weighted by molar-refractivity contribution is 7.22. The van der Waals surface area contributed by atoms with Gasteiger partial charge in [0.25, 0.3) is 5.91 Å². The number of carbonyl (C=O) groups is 1. The molecule has 0 saturated carbocycles. The summed E-state index contributed by atoms with van der Waals surface area (Å²) in [6, 6.07) is 23.7. The Hall–Kier alpha value is -3.81. The van der Waals surface area contributed by atoms with Crippen LogP contribution >= 0.6 is 11.3 Å². The average molecular weight is 525 g/mol. The van der Waals surface area contributed by atoms with Crippen LogP contribution in [-0.4, -0.2) is 54.1 Å². The molecule has 6 nitrogen and oxygen atoms in total. The largest absolute Gasteiger partial charge is 0.494 e. The van der Waals surface area contributed by atoms with Crippen LogP contribution in [0.1, 0.15) is 29.8 Å². The lowest BCUT2D eigenvalue weighted by molar-refractivity contribution is 0.0985. The first-order chi connectivity index (χ1) is 18.5. The fourth-order valence-electron chi connectivity index (χ4n) is 4.70. The van der Waals surface area contributed by atoms with Gasteiger partial charge in [0.2, 0.25) is 0 Å². The number of thiazole rings is 1. The first kappa shape index (κ1) is 25.8. The third-order valence-electron chi connectivity index (χ3n) is 6.94. The molecule has 2 heterocycles. The summed E-state index contributed by atoms with van der Waals surface area (Å²) in [6.07, 6.45) is 0. The molecular formula is C31H32N4O2S. The molecule has 7 heteroatoms. The van der Waals surface area contributed by atoms with Gasteiger partial charge in [0.05, 0.1) is 28.6 Å². The molecule has 2 aromatic heterocycles. The molecule has 1 amide bonds. The second kappa shape index (κ2) is 11.3. The Morgan fingerprint density at radius 1 is 0.921 bits per heavy atom. The highest BCUT2D eigenvalue weighted by Gasteiger charge is 2.25. The SMILES string of the molecule is CCN(CC)CCN(C(=O)c1cc(-c2ccccc2)nc2ccccc12)c1nc2c(OC)ccc(C)c2s1. The molecule has 0 atom stereocenters. The predicted molar refractivity (Wildman–Crippen MR) is 158 cm³/mol. The van der Waals surface area contributed by atoms with E-state index in [1.54, 1.807) is 7.11 Å². The van der Waals surface area contributed by atoms with Crippen LogP contribution in [0.5, 0.6) is 5.75 Å². The van der Waals surface area contributed by atoms with Gasteiger partial charge in [-0.15, -0.1) is 0 Å². The third-order valence-corrected chi connectivity index (χ3v) is 8.15. The highest BCUT2D eigenvalue weighted by Crippen LogP contribution is 2.37. The molecule has 0 radical (unpaired) electrons. The number of rotatable bonds is 9. The van der Waals surface area contributed by atoms with E-state index in [9.17, 15) is 4.79 Å². The number of fused-ring (bicyclic) bond motifs is 2. The van der Waals surface area contributed by atoms with Gasteiger partial charge < -0.3 is 9.64 Å². The number of nitrogens with zero attached hydrogens (tertiary/aromatic N) is 4. The summed E-state index contributed by atoms with van der Waals surface area (Å²) in [5.74, 6) is 0.633. The number of likely N-dealkylation sites (N-methyl/N-ethyl adjacent to an activating group) is 1. The molecule has 3 aromatic carbocycles. The second-order valence-electron chi connectivity index (χ2n) is 9.18. The van der Waals surface area contributed by atoms with E-state index in [1.807, 2.05) is 77.7 Å². The number of pyridine rings is 1. The minimum atomic E-state index is -0.0800. The summed E-state index contributed by atoms with van der Waals surface area (Å²) in [6.45, 7) is 9.46. The number of carbonyl (C=O) groups excluding carboxylic acids is 1. The van der Waals surface area contributed by atoms with Crippen LogP contribution in [0.4, 0.5) is 5.13 Å². The summed E-state index contributed by atoms with van der Waals surface area (Å²) in [5, 5.41) is 1.51. The van der Waals surface area contributed by atoms with Crippen molar-refractivity contribution in [1.82, 2.24) is 14.9 Å². The first-order valence-corrected chi connectivity index (χ1v) is 13.8. The van der Waals surface area contributed by atoms with E-state index in [2.05, 4.69) is 25.7 Å². The van der Waals surface area contributed by atoms with Crippen molar-refractivity contribution >= 4 is 43.5 Å². The minimum Gasteiger partial charge on any atom is -0.494 e. The van der Waals surface area contributed by atoms with Crippen LogP contribution in [0, 0.1) is 6.92 Å². The van der Waals surface area contributed by atoms with E-state index in [-0.39, 0.29) is 5.91 Å². The molecule has 5 aromatic rings. The zero-order valence-corrected chi connectivity index (χ0v) is 23.1. The predicted octanol–water partition coefficient (Wildman–Crippen LogP) is 6.82. The van der Waals surface area contributed by atoms with E-state index >= 15 is 0 Å². The molecule has 194 valence electrons. The molecule has 0 fully saturated rings. The molecule has 0 spiro atoms. The summed E-state index contributed by atoms with van der Waals surface area (Å²) < 4.78 is 6.63. The highest BCUT2D eigenvalue weighted by atomic mass is 32.1. The van der Waals surface area contributed by atoms with Crippen LogP contribution in [-0.2, 0) is 0 Å². The Bertz CT molecular complexity index is 1580. The van der Waals surface area contributed by atoms with Crippen molar-refractivity contribution in [2.45, 2.75) is 20.8 Å². The van der Waals surface area contributed by atoms with Crippen molar-refractivity contribution in [3.8, 4) is 17.0 Å². The normalized spacial score (nSPS) is 11.4. The van der Waals surface area contributed by atoms with Crippen molar-refractivity contribution in [1.29, 1.82) is 0 Å². The van der Waals surface area contributed by atoms with Crippen molar-refractivity contribution in [2.24, 2.45) is 0 Å². The van der Waals surface area contributed by atoms with Gasteiger partial charge in [0.1, 0.15) is 11.3 Å². The van der Waals surface area contributed by atoms with Gasteiger partial charge in [0, 0.05) is 24.0 Å². The van der Waals surface area contributed by atoms with Crippen molar-refractivity contribution in [2.75, 3.05) is 38.2 Å². The summed E-state index contributed by atoms with van der Waals surface area (Å²) in [4.78, 5) is 28.4. The van der Waals surface area contributed by atoms with Crippen molar-refractivity contribution < 1.29 is 9.53 Å². The molecule has 0 bridgehead atoms. The number of aryl methyl sites for hydroxylation is 1. The smallest absolute Gasteiger partial charge is 0.260 e.